The van der Waals surface area contributed by atoms with E-state index >= 15 is 0 Å². The number of nitrogens with one attached hydrogen (secondary N) is 1. The van der Waals surface area contributed by atoms with Crippen LogP contribution in [0.5, 0.6) is 17.2 Å². The highest BCUT2D eigenvalue weighted by atomic mass is 35.5. The lowest BCUT2D eigenvalue weighted by molar-refractivity contribution is -0.112. The van der Waals surface area contributed by atoms with Gasteiger partial charge < -0.3 is 19.9 Å². The number of nitriles is 1. The number of carbonyl (C=O) groups is 1. The van der Waals surface area contributed by atoms with Gasteiger partial charge in [-0.3, -0.25) is 4.79 Å². The van der Waals surface area contributed by atoms with Crippen molar-refractivity contribution in [2.45, 2.75) is 0 Å². The van der Waals surface area contributed by atoms with Gasteiger partial charge in [0.2, 0.25) is 5.75 Å². The number of phenols is 1. The number of hydrogen-bond donors (Lipinski definition) is 2. The third-order valence-electron chi connectivity index (χ3n) is 3.38. The molecule has 0 aliphatic heterocycles. The molecule has 26 heavy (non-hydrogen) atoms. The average Bonchev–Trinajstić information content (AvgIpc) is 2.63. The minimum atomic E-state index is -0.687. The largest absolute Gasteiger partial charge is 0.502 e. The van der Waals surface area contributed by atoms with Gasteiger partial charge in [-0.05, 0) is 35.9 Å². The number of phenolic OH excluding ortho intramolecular Hbond substituents is 1. The number of rotatable bonds is 5. The van der Waals surface area contributed by atoms with Crippen LogP contribution in [0.1, 0.15) is 5.56 Å². The Bertz CT molecular complexity index is 875. The molecule has 0 unspecified atom stereocenters. The zero-order chi connectivity index (χ0) is 19.3. The lowest BCUT2D eigenvalue weighted by Crippen LogP contribution is -2.14. The second-order valence-corrected chi connectivity index (χ2v) is 5.81. The molecular weight excluding hydrogens is 379 g/mol. The van der Waals surface area contributed by atoms with Crippen molar-refractivity contribution < 1.29 is 19.4 Å². The number of carbonyl (C=O) groups excluding carboxylic acids is 1. The summed E-state index contributed by atoms with van der Waals surface area (Å²) in [7, 11) is 2.75. The molecule has 6 nitrogen and oxygen atoms in total. The molecule has 0 aromatic heterocycles. The van der Waals surface area contributed by atoms with E-state index in [4.69, 9.17) is 32.7 Å². The summed E-state index contributed by atoms with van der Waals surface area (Å²) in [6.45, 7) is 0. The molecule has 0 spiro atoms. The molecule has 0 fully saturated rings. The Morgan fingerprint density at radius 3 is 2.19 bits per heavy atom. The van der Waals surface area contributed by atoms with E-state index in [-0.39, 0.29) is 38.6 Å². The van der Waals surface area contributed by atoms with Gasteiger partial charge in [0.25, 0.3) is 5.91 Å². The monoisotopic (exact) mass is 392 g/mol. The molecule has 0 aliphatic rings. The molecule has 0 aliphatic carbocycles. The van der Waals surface area contributed by atoms with E-state index in [0.717, 1.165) is 0 Å². The molecule has 1 amide bonds. The molecule has 2 N–H and O–H groups in total. The van der Waals surface area contributed by atoms with Crippen molar-refractivity contribution in [2.24, 2.45) is 0 Å². The second-order valence-electron chi connectivity index (χ2n) is 4.99. The van der Waals surface area contributed by atoms with E-state index in [9.17, 15) is 15.2 Å². The van der Waals surface area contributed by atoms with Crippen molar-refractivity contribution in [1.29, 1.82) is 5.26 Å². The maximum Gasteiger partial charge on any atom is 0.266 e. The Labute approximate surface area is 160 Å². The van der Waals surface area contributed by atoms with Crippen LogP contribution in [-0.2, 0) is 4.79 Å². The highest BCUT2D eigenvalue weighted by Crippen LogP contribution is 2.37. The van der Waals surface area contributed by atoms with Crippen LogP contribution < -0.4 is 14.8 Å². The van der Waals surface area contributed by atoms with Crippen LogP contribution >= 0.6 is 23.2 Å². The van der Waals surface area contributed by atoms with E-state index < -0.39 is 5.91 Å². The first kappa shape index (κ1) is 19.4. The van der Waals surface area contributed by atoms with Gasteiger partial charge in [-0.2, -0.15) is 5.26 Å². The third kappa shape index (κ3) is 4.20. The Hall–Kier alpha value is -2.88. The van der Waals surface area contributed by atoms with Crippen LogP contribution in [0.2, 0.25) is 10.0 Å². The number of para-hydroxylation sites is 1. The van der Waals surface area contributed by atoms with E-state index in [0.29, 0.717) is 5.56 Å². The van der Waals surface area contributed by atoms with Crippen LogP contribution in [0, 0.1) is 11.3 Å². The summed E-state index contributed by atoms with van der Waals surface area (Å²) in [6.07, 6.45) is 1.32. The molecule has 134 valence electrons. The molecule has 0 saturated carbocycles. The average molecular weight is 393 g/mol. The minimum absolute atomic E-state index is 0.141. The molecule has 0 saturated heterocycles. The maximum atomic E-state index is 12.4. The first-order valence-electron chi connectivity index (χ1n) is 7.23. The van der Waals surface area contributed by atoms with Crippen molar-refractivity contribution in [3.63, 3.8) is 0 Å². The summed E-state index contributed by atoms with van der Waals surface area (Å²) in [5.74, 6) is -0.587. The summed E-state index contributed by atoms with van der Waals surface area (Å²) in [5, 5.41) is 22.3. The number of aromatic hydroxyl groups is 1. The number of methoxy groups -OCH3 is 2. The van der Waals surface area contributed by atoms with Crippen molar-refractivity contribution in [3.8, 4) is 23.3 Å². The van der Waals surface area contributed by atoms with Gasteiger partial charge in [0.05, 0.1) is 30.0 Å². The second kappa shape index (κ2) is 8.48. The predicted molar refractivity (Wildman–Crippen MR) is 99.9 cm³/mol. The Kier molecular flexibility index (Phi) is 6.34. The lowest BCUT2D eigenvalue weighted by atomic mass is 10.1. The smallest absolute Gasteiger partial charge is 0.266 e. The van der Waals surface area contributed by atoms with E-state index in [1.54, 1.807) is 18.2 Å². The first-order valence-corrected chi connectivity index (χ1v) is 7.99. The zero-order valence-electron chi connectivity index (χ0n) is 13.8. The first-order chi connectivity index (χ1) is 12.4. The molecule has 0 heterocycles. The zero-order valence-corrected chi connectivity index (χ0v) is 15.4. The fourth-order valence-corrected chi connectivity index (χ4v) is 2.60. The standard InChI is InChI=1S/C18H14Cl2N2O4/c1-25-14-7-10(8-15(26-2)17(14)23)6-11(9-21)18(24)22-16-12(19)4-3-5-13(16)20/h3-8,23H,1-2H3,(H,22,24)/b11-6+. The SMILES string of the molecule is COc1cc(/C=C(\C#N)C(=O)Nc2c(Cl)cccc2Cl)cc(OC)c1O. The summed E-state index contributed by atoms with van der Waals surface area (Å²) in [5.41, 5.74) is 0.437. The van der Waals surface area contributed by atoms with Crippen LogP contribution in [0.3, 0.4) is 0 Å². The van der Waals surface area contributed by atoms with Crippen LogP contribution in [0.15, 0.2) is 35.9 Å². The number of hydrogen-bond acceptors (Lipinski definition) is 5. The Morgan fingerprint density at radius 1 is 1.19 bits per heavy atom. The van der Waals surface area contributed by atoms with E-state index in [1.165, 1.54) is 32.4 Å². The van der Waals surface area contributed by atoms with Gasteiger partial charge in [-0.25, -0.2) is 0 Å². The highest BCUT2D eigenvalue weighted by Gasteiger charge is 2.15. The number of anilines is 1. The number of halogens is 2. The number of ether oxygens (including phenoxy) is 2. The maximum absolute atomic E-state index is 12.4. The summed E-state index contributed by atoms with van der Waals surface area (Å²) >= 11 is 12.0. The van der Waals surface area contributed by atoms with Gasteiger partial charge in [0.1, 0.15) is 11.6 Å². The summed E-state index contributed by atoms with van der Waals surface area (Å²) < 4.78 is 10.1. The minimum Gasteiger partial charge on any atom is -0.502 e. The Morgan fingerprint density at radius 2 is 1.73 bits per heavy atom. The number of nitrogens with zero attached hydrogens (tertiary/aromatic N) is 1. The highest BCUT2D eigenvalue weighted by molar-refractivity contribution is 6.40. The lowest BCUT2D eigenvalue weighted by Gasteiger charge is -2.10. The molecule has 2 aromatic rings. The molecule has 2 aromatic carbocycles. The molecule has 8 heteroatoms. The van der Waals surface area contributed by atoms with E-state index in [1.807, 2.05) is 6.07 Å². The summed E-state index contributed by atoms with van der Waals surface area (Å²) in [6, 6.07) is 9.51. The topological polar surface area (TPSA) is 91.6 Å². The predicted octanol–water partition coefficient (Wildman–Crippen LogP) is 4.26. The normalized spacial score (nSPS) is 10.8. The van der Waals surface area contributed by atoms with Crippen LogP contribution in [0.25, 0.3) is 6.08 Å². The van der Waals surface area contributed by atoms with Gasteiger partial charge in [0.15, 0.2) is 11.5 Å². The van der Waals surface area contributed by atoms with Crippen molar-refractivity contribution >= 4 is 40.9 Å². The van der Waals surface area contributed by atoms with Crippen molar-refractivity contribution in [2.75, 3.05) is 19.5 Å². The quantitative estimate of drug-likeness (QED) is 0.585. The molecule has 0 atom stereocenters. The van der Waals surface area contributed by atoms with Gasteiger partial charge >= 0.3 is 0 Å². The third-order valence-corrected chi connectivity index (χ3v) is 4.01. The van der Waals surface area contributed by atoms with Crippen LogP contribution in [-0.4, -0.2) is 25.2 Å². The van der Waals surface area contributed by atoms with Crippen molar-refractivity contribution in [3.05, 3.63) is 51.5 Å². The molecular formula is C18H14Cl2N2O4. The van der Waals surface area contributed by atoms with Gasteiger partial charge in [-0.15, -0.1) is 0 Å². The fraction of sp³-hybridized carbons (Fsp3) is 0.111. The summed E-state index contributed by atoms with van der Waals surface area (Å²) in [4.78, 5) is 12.4. The molecule has 0 bridgehead atoms. The van der Waals surface area contributed by atoms with Crippen LogP contribution in [0.4, 0.5) is 5.69 Å². The molecule has 2 rings (SSSR count). The Balaban J connectivity index is 2.39. The number of benzene rings is 2. The number of amides is 1. The van der Waals surface area contributed by atoms with Gasteiger partial charge in [-0.1, -0.05) is 29.3 Å². The van der Waals surface area contributed by atoms with Crippen molar-refractivity contribution in [1.82, 2.24) is 0 Å². The fourth-order valence-electron chi connectivity index (χ4n) is 2.11. The van der Waals surface area contributed by atoms with Gasteiger partial charge in [0, 0.05) is 0 Å². The van der Waals surface area contributed by atoms with E-state index in [2.05, 4.69) is 5.32 Å². The molecule has 0 radical (unpaired) electrons.